The first-order chi connectivity index (χ1) is 17.7. The lowest BCUT2D eigenvalue weighted by Gasteiger charge is -2.30. The minimum atomic E-state index is -3.17. The van der Waals surface area contributed by atoms with E-state index in [1.807, 2.05) is 33.0 Å². The van der Waals surface area contributed by atoms with Crippen molar-refractivity contribution in [3.63, 3.8) is 0 Å². The van der Waals surface area contributed by atoms with Gasteiger partial charge < -0.3 is 10.6 Å². The first-order valence-electron chi connectivity index (χ1n) is 13.6. The quantitative estimate of drug-likeness (QED) is 0.338. The SMILES string of the molecule is Cc1nc(NCC(C)(C)C)nc(NC2CCC(C(C)(C)S(C)(=O)=O)C2)c1-c1nc2c(C3CC3)nccc2s1. The summed E-state index contributed by atoms with van der Waals surface area (Å²) in [6.07, 6.45) is 8.13. The van der Waals surface area contributed by atoms with Gasteiger partial charge in [0, 0.05) is 31.0 Å². The Bertz CT molecular complexity index is 1450. The lowest BCUT2D eigenvalue weighted by molar-refractivity contribution is 0.404. The maximum Gasteiger partial charge on any atom is 0.224 e. The van der Waals surface area contributed by atoms with Crippen LogP contribution in [0, 0.1) is 18.3 Å². The molecule has 3 aromatic heterocycles. The molecule has 0 amide bonds. The molecule has 3 heterocycles. The van der Waals surface area contributed by atoms with E-state index in [0.717, 1.165) is 63.8 Å². The average Bonchev–Trinajstić information content (AvgIpc) is 3.38. The second-order valence-corrected chi connectivity index (χ2v) is 16.5. The highest BCUT2D eigenvalue weighted by molar-refractivity contribution is 7.92. The number of nitrogens with one attached hydrogen (secondary N) is 2. The highest BCUT2D eigenvalue weighted by Crippen LogP contribution is 2.45. The molecule has 38 heavy (non-hydrogen) atoms. The fourth-order valence-electron chi connectivity index (χ4n) is 5.23. The van der Waals surface area contributed by atoms with Crippen LogP contribution in [-0.2, 0) is 9.84 Å². The maximum absolute atomic E-state index is 12.5. The average molecular weight is 557 g/mol. The van der Waals surface area contributed by atoms with Crippen LogP contribution in [-0.4, -0.2) is 51.9 Å². The van der Waals surface area contributed by atoms with Gasteiger partial charge in [-0.3, -0.25) is 4.98 Å². The van der Waals surface area contributed by atoms with Crippen LogP contribution in [0.4, 0.5) is 11.8 Å². The largest absolute Gasteiger partial charge is 0.367 e. The normalized spacial score (nSPS) is 20.7. The zero-order valence-electron chi connectivity index (χ0n) is 23.6. The van der Waals surface area contributed by atoms with Gasteiger partial charge >= 0.3 is 0 Å². The zero-order chi connectivity index (χ0) is 27.5. The molecule has 0 aliphatic heterocycles. The van der Waals surface area contributed by atoms with Gasteiger partial charge in [-0.2, -0.15) is 4.98 Å². The molecule has 0 aromatic carbocycles. The fraction of sp³-hybridized carbons (Fsp3) is 0.643. The lowest BCUT2D eigenvalue weighted by Crippen LogP contribution is -2.38. The summed E-state index contributed by atoms with van der Waals surface area (Å²) >= 11 is 1.66. The number of anilines is 2. The van der Waals surface area contributed by atoms with Crippen LogP contribution in [0.2, 0.25) is 0 Å². The van der Waals surface area contributed by atoms with Gasteiger partial charge in [-0.05, 0) is 70.3 Å². The van der Waals surface area contributed by atoms with Gasteiger partial charge in [0.05, 0.1) is 26.4 Å². The van der Waals surface area contributed by atoms with E-state index >= 15 is 0 Å². The van der Waals surface area contributed by atoms with Crippen LogP contribution >= 0.6 is 11.3 Å². The van der Waals surface area contributed by atoms with Crippen molar-refractivity contribution in [1.29, 1.82) is 0 Å². The van der Waals surface area contributed by atoms with E-state index in [4.69, 9.17) is 15.0 Å². The minimum Gasteiger partial charge on any atom is -0.367 e. The van der Waals surface area contributed by atoms with Crippen molar-refractivity contribution in [3.8, 4) is 10.6 Å². The Morgan fingerprint density at radius 1 is 1.05 bits per heavy atom. The summed E-state index contributed by atoms with van der Waals surface area (Å²) in [5.41, 5.74) is 3.96. The number of hydrogen-bond acceptors (Lipinski definition) is 9. The summed E-state index contributed by atoms with van der Waals surface area (Å²) in [7, 11) is -3.17. The molecule has 206 valence electrons. The Kier molecular flexibility index (Phi) is 6.95. The fourth-order valence-corrected chi connectivity index (χ4v) is 7.12. The molecule has 8 nitrogen and oxygen atoms in total. The van der Waals surface area contributed by atoms with Crippen molar-refractivity contribution >= 4 is 43.2 Å². The second-order valence-electron chi connectivity index (χ2n) is 12.8. The number of pyridine rings is 1. The molecule has 10 heteroatoms. The standard InChI is InChI=1S/C28H40N6O2S2/c1-16-21(25-33-23-20(37-25)12-13-29-22(23)17-8-9-17)24(34-26(31-16)30-15-27(2,3)4)32-19-11-10-18(14-19)28(5,6)38(7,35)36/h12-13,17-19H,8-11,14-15H2,1-7H3,(H2,30,31,32,34). The highest BCUT2D eigenvalue weighted by atomic mass is 32.2. The Morgan fingerprint density at radius 2 is 1.79 bits per heavy atom. The smallest absolute Gasteiger partial charge is 0.224 e. The number of aromatic nitrogens is 4. The van der Waals surface area contributed by atoms with Crippen LogP contribution in [0.15, 0.2) is 12.3 Å². The van der Waals surface area contributed by atoms with Crippen LogP contribution in [0.5, 0.6) is 0 Å². The van der Waals surface area contributed by atoms with Crippen LogP contribution in [0.3, 0.4) is 0 Å². The predicted octanol–water partition coefficient (Wildman–Crippen LogP) is 6.20. The molecule has 2 fully saturated rings. The molecule has 2 aliphatic carbocycles. The summed E-state index contributed by atoms with van der Waals surface area (Å²) in [6.45, 7) is 13.0. The number of hydrogen-bond donors (Lipinski definition) is 2. The van der Waals surface area contributed by atoms with E-state index < -0.39 is 14.6 Å². The molecule has 0 saturated heterocycles. The van der Waals surface area contributed by atoms with E-state index in [2.05, 4.69) is 36.4 Å². The second kappa shape index (κ2) is 9.70. The molecule has 0 radical (unpaired) electrons. The van der Waals surface area contributed by atoms with Gasteiger partial charge in [-0.15, -0.1) is 11.3 Å². The molecule has 2 unspecified atom stereocenters. The summed E-state index contributed by atoms with van der Waals surface area (Å²) in [4.78, 5) is 19.5. The number of rotatable bonds is 8. The number of fused-ring (bicyclic) bond motifs is 1. The Hall–Kier alpha value is -2.33. The van der Waals surface area contributed by atoms with Crippen LogP contribution in [0.25, 0.3) is 20.8 Å². The van der Waals surface area contributed by atoms with Gasteiger partial charge in [0.25, 0.3) is 0 Å². The Balaban J connectivity index is 1.51. The molecule has 2 saturated carbocycles. The number of thiazole rings is 1. The predicted molar refractivity (Wildman–Crippen MR) is 157 cm³/mol. The third-order valence-electron chi connectivity index (χ3n) is 8.09. The van der Waals surface area contributed by atoms with Crippen LogP contribution < -0.4 is 10.6 Å². The van der Waals surface area contributed by atoms with Gasteiger partial charge in [0.15, 0.2) is 9.84 Å². The van der Waals surface area contributed by atoms with E-state index in [1.165, 1.54) is 19.1 Å². The number of nitrogens with zero attached hydrogens (tertiary/aromatic N) is 4. The molecular formula is C28H40N6O2S2. The van der Waals surface area contributed by atoms with E-state index in [9.17, 15) is 8.42 Å². The molecule has 2 atom stereocenters. The van der Waals surface area contributed by atoms with Crippen molar-refractivity contribution in [2.45, 2.75) is 90.4 Å². The van der Waals surface area contributed by atoms with Crippen molar-refractivity contribution in [1.82, 2.24) is 19.9 Å². The third kappa shape index (κ3) is 5.52. The maximum atomic E-state index is 12.5. The monoisotopic (exact) mass is 556 g/mol. The molecule has 5 rings (SSSR count). The molecule has 2 aliphatic rings. The first kappa shape index (κ1) is 27.2. The summed E-state index contributed by atoms with van der Waals surface area (Å²) < 4.78 is 25.4. The molecule has 2 N–H and O–H groups in total. The summed E-state index contributed by atoms with van der Waals surface area (Å²) in [6, 6.07) is 2.17. The molecular weight excluding hydrogens is 516 g/mol. The van der Waals surface area contributed by atoms with Crippen molar-refractivity contribution < 1.29 is 8.42 Å². The Morgan fingerprint density at radius 3 is 2.45 bits per heavy atom. The zero-order valence-corrected chi connectivity index (χ0v) is 25.2. The summed E-state index contributed by atoms with van der Waals surface area (Å²) in [5, 5.41) is 8.00. The number of sulfone groups is 1. The minimum absolute atomic E-state index is 0.0820. The van der Waals surface area contributed by atoms with Gasteiger partial charge in [0.2, 0.25) is 5.95 Å². The lowest BCUT2D eigenvalue weighted by atomic mass is 9.93. The van der Waals surface area contributed by atoms with Crippen molar-refractivity contribution in [3.05, 3.63) is 23.7 Å². The van der Waals surface area contributed by atoms with E-state index in [0.29, 0.717) is 11.9 Å². The van der Waals surface area contributed by atoms with Gasteiger partial charge in [0.1, 0.15) is 16.3 Å². The topological polar surface area (TPSA) is 110 Å². The van der Waals surface area contributed by atoms with Gasteiger partial charge in [-0.1, -0.05) is 20.8 Å². The van der Waals surface area contributed by atoms with Crippen LogP contribution in [0.1, 0.15) is 84.0 Å². The Labute approximate surface area is 230 Å². The molecule has 3 aromatic rings. The summed E-state index contributed by atoms with van der Waals surface area (Å²) in [5.74, 6) is 1.96. The first-order valence-corrected chi connectivity index (χ1v) is 16.3. The number of aryl methyl sites for hydroxylation is 1. The van der Waals surface area contributed by atoms with Crippen molar-refractivity contribution in [2.24, 2.45) is 11.3 Å². The highest BCUT2D eigenvalue weighted by Gasteiger charge is 2.43. The molecule has 0 spiro atoms. The van der Waals surface area contributed by atoms with Crippen molar-refractivity contribution in [2.75, 3.05) is 23.4 Å². The van der Waals surface area contributed by atoms with Gasteiger partial charge in [-0.25, -0.2) is 18.4 Å². The third-order valence-corrected chi connectivity index (χ3v) is 11.4. The van der Waals surface area contributed by atoms with E-state index in [-0.39, 0.29) is 17.4 Å². The molecule has 0 bridgehead atoms. The van der Waals surface area contributed by atoms with E-state index in [1.54, 1.807) is 11.3 Å².